The lowest BCUT2D eigenvalue weighted by Gasteiger charge is -1.82. The number of nitrogens with one attached hydrogen (secondary N) is 1. The topological polar surface area (TPSA) is 23.9 Å². The van der Waals surface area contributed by atoms with Crippen molar-refractivity contribution in [2.24, 2.45) is 0 Å². The number of rotatable bonds is 2. The molecular formula is C8H13N. The van der Waals surface area contributed by atoms with Crippen LogP contribution in [0.25, 0.3) is 0 Å². The predicted octanol–water partition coefficient (Wildman–Crippen LogP) is 2.22. The highest BCUT2D eigenvalue weighted by atomic mass is 14.4. The molecular weight excluding hydrogens is 110 g/mol. The first-order valence-corrected chi connectivity index (χ1v) is 3.27. The Labute approximate surface area is 57.0 Å². The molecule has 0 aliphatic carbocycles. The minimum Gasteiger partial charge on any atom is -0.309 e. The Bertz CT molecular complexity index is 136. The monoisotopic (exact) mass is 123 g/mol. The van der Waals surface area contributed by atoms with Gasteiger partial charge in [0.1, 0.15) is 0 Å². The smallest absolute Gasteiger partial charge is 0.0464 e. The van der Waals surface area contributed by atoms with Crippen LogP contribution in [0.15, 0.2) is 0 Å². The standard InChI is InChI=1S/C8H13N/c1-3-4-5-6-7-8(2)9/h9H,3-4,7H2,1-2H3. The zero-order valence-electron chi connectivity index (χ0n) is 6.12. The van der Waals surface area contributed by atoms with Crippen LogP contribution in [0.4, 0.5) is 0 Å². The van der Waals surface area contributed by atoms with E-state index in [9.17, 15) is 0 Å². The van der Waals surface area contributed by atoms with Gasteiger partial charge in [0.15, 0.2) is 0 Å². The van der Waals surface area contributed by atoms with Crippen molar-refractivity contribution in [1.29, 1.82) is 5.41 Å². The fraction of sp³-hybridized carbons (Fsp3) is 0.625. The summed E-state index contributed by atoms with van der Waals surface area (Å²) in [6.45, 7) is 3.88. The molecule has 0 heterocycles. The Balaban J connectivity index is 3.26. The molecule has 0 aliphatic rings. The highest BCUT2D eigenvalue weighted by Crippen LogP contribution is 1.83. The summed E-state index contributed by atoms with van der Waals surface area (Å²) in [5.74, 6) is 5.89. The van der Waals surface area contributed by atoms with Gasteiger partial charge in [-0.2, -0.15) is 0 Å². The SMILES string of the molecule is CCCC#CCC(C)=N. The fourth-order valence-electron chi connectivity index (χ4n) is 0.408. The third-order valence-electron chi connectivity index (χ3n) is 0.854. The molecule has 0 amide bonds. The summed E-state index contributed by atoms with van der Waals surface area (Å²) in [6, 6.07) is 0. The van der Waals surface area contributed by atoms with Crippen molar-refractivity contribution >= 4 is 5.71 Å². The third kappa shape index (κ3) is 7.23. The van der Waals surface area contributed by atoms with E-state index < -0.39 is 0 Å². The van der Waals surface area contributed by atoms with Crippen LogP contribution in [-0.2, 0) is 0 Å². The Morgan fingerprint density at radius 2 is 2.11 bits per heavy atom. The van der Waals surface area contributed by atoms with Crippen LogP contribution in [0.1, 0.15) is 33.1 Å². The quantitative estimate of drug-likeness (QED) is 0.430. The lowest BCUT2D eigenvalue weighted by molar-refractivity contribution is 0.982. The number of hydrogen-bond acceptors (Lipinski definition) is 1. The Kier molecular flexibility index (Phi) is 4.91. The van der Waals surface area contributed by atoms with Crippen molar-refractivity contribution in [3.8, 4) is 11.8 Å². The van der Waals surface area contributed by atoms with Crippen LogP contribution in [0.5, 0.6) is 0 Å². The van der Waals surface area contributed by atoms with Crippen LogP contribution in [0, 0.1) is 17.3 Å². The predicted molar refractivity (Wildman–Crippen MR) is 40.7 cm³/mol. The first-order valence-electron chi connectivity index (χ1n) is 3.27. The summed E-state index contributed by atoms with van der Waals surface area (Å²) in [6.07, 6.45) is 2.72. The van der Waals surface area contributed by atoms with Gasteiger partial charge in [-0.3, -0.25) is 0 Å². The average Bonchev–Trinajstić information content (AvgIpc) is 1.80. The molecule has 0 radical (unpaired) electrons. The van der Waals surface area contributed by atoms with Gasteiger partial charge in [-0.05, 0) is 13.3 Å². The summed E-state index contributed by atoms with van der Waals surface area (Å²) < 4.78 is 0. The van der Waals surface area contributed by atoms with E-state index in [2.05, 4.69) is 18.8 Å². The van der Waals surface area contributed by atoms with Crippen molar-refractivity contribution in [2.45, 2.75) is 33.1 Å². The second-order valence-electron chi connectivity index (χ2n) is 2.06. The van der Waals surface area contributed by atoms with Crippen molar-refractivity contribution < 1.29 is 0 Å². The molecule has 0 atom stereocenters. The molecule has 0 aromatic heterocycles. The summed E-state index contributed by atoms with van der Waals surface area (Å²) in [5.41, 5.74) is 0.651. The minimum atomic E-state index is 0.639. The maximum absolute atomic E-state index is 7.03. The molecule has 9 heavy (non-hydrogen) atoms. The molecule has 50 valence electrons. The molecule has 0 aromatic carbocycles. The van der Waals surface area contributed by atoms with Crippen LogP contribution in [0.2, 0.25) is 0 Å². The van der Waals surface area contributed by atoms with Gasteiger partial charge in [0.2, 0.25) is 0 Å². The molecule has 0 spiro atoms. The van der Waals surface area contributed by atoms with Gasteiger partial charge in [0.25, 0.3) is 0 Å². The van der Waals surface area contributed by atoms with Gasteiger partial charge in [0, 0.05) is 18.6 Å². The molecule has 0 saturated heterocycles. The highest BCUT2D eigenvalue weighted by molar-refractivity contribution is 5.80. The van der Waals surface area contributed by atoms with Crippen molar-refractivity contribution in [1.82, 2.24) is 0 Å². The zero-order valence-corrected chi connectivity index (χ0v) is 6.12. The van der Waals surface area contributed by atoms with E-state index in [-0.39, 0.29) is 0 Å². The Morgan fingerprint density at radius 3 is 2.56 bits per heavy atom. The molecule has 1 nitrogen and oxygen atoms in total. The van der Waals surface area contributed by atoms with E-state index in [0.29, 0.717) is 12.1 Å². The maximum Gasteiger partial charge on any atom is 0.0464 e. The van der Waals surface area contributed by atoms with E-state index in [4.69, 9.17) is 5.41 Å². The van der Waals surface area contributed by atoms with Crippen molar-refractivity contribution in [3.63, 3.8) is 0 Å². The highest BCUT2D eigenvalue weighted by Gasteiger charge is 1.78. The Hall–Kier alpha value is -0.770. The third-order valence-corrected chi connectivity index (χ3v) is 0.854. The lowest BCUT2D eigenvalue weighted by Crippen LogP contribution is -1.82. The van der Waals surface area contributed by atoms with Gasteiger partial charge >= 0.3 is 0 Å². The largest absolute Gasteiger partial charge is 0.309 e. The Morgan fingerprint density at radius 1 is 1.44 bits per heavy atom. The molecule has 1 N–H and O–H groups in total. The molecule has 0 bridgehead atoms. The van der Waals surface area contributed by atoms with Crippen molar-refractivity contribution in [2.75, 3.05) is 0 Å². The first kappa shape index (κ1) is 8.23. The van der Waals surface area contributed by atoms with Gasteiger partial charge in [-0.15, -0.1) is 5.92 Å². The first-order chi connectivity index (χ1) is 4.27. The number of hydrogen-bond donors (Lipinski definition) is 1. The molecule has 0 aliphatic heterocycles. The fourth-order valence-corrected chi connectivity index (χ4v) is 0.408. The van der Waals surface area contributed by atoms with Gasteiger partial charge in [-0.1, -0.05) is 12.8 Å². The van der Waals surface area contributed by atoms with Crippen molar-refractivity contribution in [3.05, 3.63) is 0 Å². The normalized spacial score (nSPS) is 7.78. The summed E-state index contributed by atoms with van der Waals surface area (Å²) in [7, 11) is 0. The van der Waals surface area contributed by atoms with E-state index in [0.717, 1.165) is 12.8 Å². The van der Waals surface area contributed by atoms with Crippen LogP contribution in [-0.4, -0.2) is 5.71 Å². The van der Waals surface area contributed by atoms with E-state index >= 15 is 0 Å². The van der Waals surface area contributed by atoms with Crippen LogP contribution in [0.3, 0.4) is 0 Å². The van der Waals surface area contributed by atoms with Gasteiger partial charge < -0.3 is 5.41 Å². The second-order valence-corrected chi connectivity index (χ2v) is 2.06. The summed E-state index contributed by atoms with van der Waals surface area (Å²) >= 11 is 0. The molecule has 0 aromatic rings. The minimum absolute atomic E-state index is 0.639. The van der Waals surface area contributed by atoms with E-state index in [1.807, 2.05) is 0 Å². The zero-order chi connectivity index (χ0) is 7.11. The maximum atomic E-state index is 7.03. The number of unbranched alkanes of at least 4 members (excludes halogenated alkanes) is 1. The molecule has 0 rings (SSSR count). The second kappa shape index (κ2) is 5.37. The molecule has 1 heteroatoms. The summed E-state index contributed by atoms with van der Waals surface area (Å²) in [4.78, 5) is 0. The van der Waals surface area contributed by atoms with Gasteiger partial charge in [-0.25, -0.2) is 0 Å². The molecule has 0 saturated carbocycles. The van der Waals surface area contributed by atoms with E-state index in [1.54, 1.807) is 6.92 Å². The average molecular weight is 123 g/mol. The van der Waals surface area contributed by atoms with Crippen LogP contribution < -0.4 is 0 Å². The molecule has 0 fully saturated rings. The molecule has 0 unspecified atom stereocenters. The van der Waals surface area contributed by atoms with E-state index in [1.165, 1.54) is 0 Å². The van der Waals surface area contributed by atoms with Gasteiger partial charge in [0.05, 0.1) is 0 Å². The summed E-state index contributed by atoms with van der Waals surface area (Å²) in [5, 5.41) is 7.03. The van der Waals surface area contributed by atoms with Crippen LogP contribution >= 0.6 is 0 Å². The lowest BCUT2D eigenvalue weighted by atomic mass is 10.3.